The summed E-state index contributed by atoms with van der Waals surface area (Å²) in [6.07, 6.45) is 4.99. The van der Waals surface area contributed by atoms with Gasteiger partial charge >= 0.3 is 0 Å². The molecule has 0 saturated heterocycles. The van der Waals surface area contributed by atoms with E-state index in [-0.39, 0.29) is 5.82 Å². The van der Waals surface area contributed by atoms with Crippen LogP contribution < -0.4 is 0 Å². The highest BCUT2D eigenvalue weighted by molar-refractivity contribution is 9.10. The van der Waals surface area contributed by atoms with Crippen LogP contribution in [0.15, 0.2) is 42.2 Å². The average Bonchev–Trinajstić information content (AvgIpc) is 2.40. The molecule has 1 aliphatic rings. The van der Waals surface area contributed by atoms with Gasteiger partial charge in [-0.25, -0.2) is 4.39 Å². The number of rotatable bonds is 3. The summed E-state index contributed by atoms with van der Waals surface area (Å²) in [5.74, 6) is 0.398. The minimum atomic E-state index is -0.771. The number of alkyl halides is 1. The molecule has 18 heavy (non-hydrogen) atoms. The molecule has 1 aromatic rings. The zero-order valence-electron chi connectivity index (χ0n) is 9.82. The zero-order valence-corrected chi connectivity index (χ0v) is 11.4. The molecule has 0 amide bonds. The van der Waals surface area contributed by atoms with Crippen LogP contribution in [0.5, 0.6) is 0 Å². The van der Waals surface area contributed by atoms with Gasteiger partial charge in [-0.05, 0) is 41.8 Å². The SMILES string of the molecule is COC1=CCC(Br)(C=O)C(c2ccc(F)cc2)=C1. The van der Waals surface area contributed by atoms with E-state index in [1.165, 1.54) is 12.1 Å². The van der Waals surface area contributed by atoms with E-state index >= 15 is 0 Å². The molecule has 0 radical (unpaired) electrons. The Balaban J connectivity index is 2.48. The molecule has 1 atom stereocenters. The highest BCUT2D eigenvalue weighted by Crippen LogP contribution is 2.40. The minimum Gasteiger partial charge on any atom is -0.497 e. The average molecular weight is 311 g/mol. The van der Waals surface area contributed by atoms with Crippen LogP contribution in [0.3, 0.4) is 0 Å². The molecule has 0 saturated carbocycles. The highest BCUT2D eigenvalue weighted by atomic mass is 79.9. The Morgan fingerprint density at radius 3 is 2.61 bits per heavy atom. The molecule has 1 unspecified atom stereocenters. The van der Waals surface area contributed by atoms with Gasteiger partial charge in [0.25, 0.3) is 0 Å². The van der Waals surface area contributed by atoms with Gasteiger partial charge in [0.2, 0.25) is 0 Å². The lowest BCUT2D eigenvalue weighted by molar-refractivity contribution is -0.108. The Hall–Kier alpha value is -1.42. The summed E-state index contributed by atoms with van der Waals surface area (Å²) in [7, 11) is 1.58. The van der Waals surface area contributed by atoms with Crippen LogP contribution in [0.25, 0.3) is 5.57 Å². The predicted molar refractivity (Wildman–Crippen MR) is 71.8 cm³/mol. The van der Waals surface area contributed by atoms with Gasteiger partial charge in [-0.2, -0.15) is 0 Å². The van der Waals surface area contributed by atoms with Crippen molar-refractivity contribution >= 4 is 27.8 Å². The van der Waals surface area contributed by atoms with E-state index in [1.54, 1.807) is 25.3 Å². The molecule has 0 aromatic heterocycles. The molecule has 0 heterocycles. The minimum absolute atomic E-state index is 0.302. The number of allylic oxidation sites excluding steroid dienone is 3. The van der Waals surface area contributed by atoms with Crippen LogP contribution in [0.4, 0.5) is 4.39 Å². The van der Waals surface area contributed by atoms with Gasteiger partial charge in [0.1, 0.15) is 22.2 Å². The third-order valence-corrected chi connectivity index (χ3v) is 3.85. The summed E-state index contributed by atoms with van der Waals surface area (Å²) in [5, 5.41) is 0. The summed E-state index contributed by atoms with van der Waals surface area (Å²) >= 11 is 3.44. The third-order valence-electron chi connectivity index (χ3n) is 2.91. The molecule has 2 rings (SSSR count). The van der Waals surface area contributed by atoms with Crippen molar-refractivity contribution in [3.63, 3.8) is 0 Å². The van der Waals surface area contributed by atoms with E-state index in [0.29, 0.717) is 12.2 Å². The smallest absolute Gasteiger partial charge is 0.141 e. The first-order valence-corrected chi connectivity index (χ1v) is 6.26. The van der Waals surface area contributed by atoms with E-state index in [0.717, 1.165) is 17.4 Å². The third kappa shape index (κ3) is 2.38. The molecule has 0 N–H and O–H groups in total. The van der Waals surface area contributed by atoms with Gasteiger partial charge in [0, 0.05) is 0 Å². The first-order valence-electron chi connectivity index (χ1n) is 5.46. The predicted octanol–water partition coefficient (Wildman–Crippen LogP) is 3.48. The van der Waals surface area contributed by atoms with Crippen molar-refractivity contribution in [2.75, 3.05) is 7.11 Å². The molecule has 94 valence electrons. The molecule has 1 aliphatic carbocycles. The van der Waals surface area contributed by atoms with Crippen molar-refractivity contribution in [1.82, 2.24) is 0 Å². The summed E-state index contributed by atoms with van der Waals surface area (Å²) < 4.78 is 17.3. The molecular formula is C14H12BrFO2. The van der Waals surface area contributed by atoms with Gasteiger partial charge in [-0.1, -0.05) is 28.1 Å². The van der Waals surface area contributed by atoms with Gasteiger partial charge in [0.05, 0.1) is 7.11 Å². The molecule has 0 fully saturated rings. The maximum Gasteiger partial charge on any atom is 0.141 e. The van der Waals surface area contributed by atoms with Crippen LogP contribution >= 0.6 is 15.9 Å². The number of aldehydes is 1. The fourth-order valence-corrected chi connectivity index (χ4v) is 2.39. The lowest BCUT2D eigenvalue weighted by Crippen LogP contribution is -2.26. The van der Waals surface area contributed by atoms with Gasteiger partial charge < -0.3 is 9.53 Å². The number of hydrogen-bond acceptors (Lipinski definition) is 2. The maximum absolute atomic E-state index is 12.9. The molecule has 2 nitrogen and oxygen atoms in total. The number of ether oxygens (including phenoxy) is 1. The zero-order chi connectivity index (χ0) is 13.2. The number of carbonyl (C=O) groups excluding carboxylic acids is 1. The number of hydrogen-bond donors (Lipinski definition) is 0. The lowest BCUT2D eigenvalue weighted by atomic mass is 9.87. The Bertz CT molecular complexity index is 519. The van der Waals surface area contributed by atoms with Crippen LogP contribution in [0, 0.1) is 5.82 Å². The van der Waals surface area contributed by atoms with Crippen molar-refractivity contribution in [3.8, 4) is 0 Å². The fourth-order valence-electron chi connectivity index (χ4n) is 1.89. The van der Waals surface area contributed by atoms with Crippen molar-refractivity contribution in [2.24, 2.45) is 0 Å². The summed E-state index contributed by atoms with van der Waals surface area (Å²) in [6.45, 7) is 0. The molecule has 0 bridgehead atoms. The number of benzene rings is 1. The normalized spacial score (nSPS) is 23.1. The first-order chi connectivity index (χ1) is 8.59. The van der Waals surface area contributed by atoms with Crippen LogP contribution in [-0.2, 0) is 9.53 Å². The van der Waals surface area contributed by atoms with Gasteiger partial charge in [-0.3, -0.25) is 0 Å². The Morgan fingerprint density at radius 2 is 2.06 bits per heavy atom. The Kier molecular flexibility index (Phi) is 3.66. The van der Waals surface area contributed by atoms with Crippen molar-refractivity contribution in [2.45, 2.75) is 10.7 Å². The van der Waals surface area contributed by atoms with Gasteiger partial charge in [0.15, 0.2) is 0 Å². The van der Waals surface area contributed by atoms with E-state index in [4.69, 9.17) is 4.74 Å². The maximum atomic E-state index is 12.9. The molecule has 0 aliphatic heterocycles. The second kappa shape index (κ2) is 5.06. The fraction of sp³-hybridized carbons (Fsp3) is 0.214. The van der Waals surface area contributed by atoms with Crippen LogP contribution in [0.2, 0.25) is 0 Å². The molecule has 1 aromatic carbocycles. The lowest BCUT2D eigenvalue weighted by Gasteiger charge is -2.27. The summed E-state index contributed by atoms with van der Waals surface area (Å²) in [5.41, 5.74) is 1.57. The quantitative estimate of drug-likeness (QED) is 0.631. The summed E-state index contributed by atoms with van der Waals surface area (Å²) in [4.78, 5) is 11.3. The number of carbonyl (C=O) groups is 1. The monoisotopic (exact) mass is 310 g/mol. The highest BCUT2D eigenvalue weighted by Gasteiger charge is 2.33. The largest absolute Gasteiger partial charge is 0.497 e. The molecule has 0 spiro atoms. The number of halogens is 2. The molecular weight excluding hydrogens is 299 g/mol. The van der Waals surface area contributed by atoms with Crippen LogP contribution in [-0.4, -0.2) is 17.7 Å². The Labute approximate surface area is 113 Å². The van der Waals surface area contributed by atoms with Crippen molar-refractivity contribution in [3.05, 3.63) is 53.6 Å². The van der Waals surface area contributed by atoms with E-state index in [2.05, 4.69) is 15.9 Å². The number of methoxy groups -OCH3 is 1. The van der Waals surface area contributed by atoms with Crippen molar-refractivity contribution in [1.29, 1.82) is 0 Å². The standard InChI is InChI=1S/C14H12BrFO2/c1-18-12-6-7-14(15,9-17)13(8-12)10-2-4-11(16)5-3-10/h2-6,8-9H,7H2,1H3. The van der Waals surface area contributed by atoms with Crippen LogP contribution in [0.1, 0.15) is 12.0 Å². The van der Waals surface area contributed by atoms with E-state index in [1.807, 2.05) is 6.08 Å². The first kappa shape index (κ1) is 13.0. The van der Waals surface area contributed by atoms with E-state index in [9.17, 15) is 9.18 Å². The van der Waals surface area contributed by atoms with Crippen molar-refractivity contribution < 1.29 is 13.9 Å². The summed E-state index contributed by atoms with van der Waals surface area (Å²) in [6, 6.07) is 6.05. The second-order valence-corrected chi connectivity index (χ2v) is 5.48. The second-order valence-electron chi connectivity index (χ2n) is 4.06. The molecule has 4 heteroatoms. The van der Waals surface area contributed by atoms with Gasteiger partial charge in [-0.15, -0.1) is 0 Å². The Morgan fingerprint density at radius 1 is 1.39 bits per heavy atom. The topological polar surface area (TPSA) is 26.3 Å². The van der Waals surface area contributed by atoms with E-state index < -0.39 is 4.32 Å².